The maximum Gasteiger partial charge on any atom is 0.254 e. The van der Waals surface area contributed by atoms with Gasteiger partial charge in [-0.1, -0.05) is 12.1 Å². The van der Waals surface area contributed by atoms with Crippen LogP contribution in [0, 0.1) is 6.92 Å². The molecule has 0 aliphatic carbocycles. The van der Waals surface area contributed by atoms with Crippen molar-refractivity contribution in [2.24, 2.45) is 0 Å². The maximum atomic E-state index is 12.7. The van der Waals surface area contributed by atoms with Gasteiger partial charge in [-0.3, -0.25) is 14.2 Å². The lowest BCUT2D eigenvalue weighted by molar-refractivity contribution is 0.0950. The minimum absolute atomic E-state index is 0.154. The number of aryl methyl sites for hydroxylation is 1. The summed E-state index contributed by atoms with van der Waals surface area (Å²) < 4.78 is 27.1. The van der Waals surface area contributed by atoms with E-state index in [9.17, 15) is 13.2 Å². The monoisotopic (exact) mass is 407 g/mol. The van der Waals surface area contributed by atoms with E-state index in [1.54, 1.807) is 54.3 Å². The summed E-state index contributed by atoms with van der Waals surface area (Å²) in [5.74, 6) is 0.234. The highest BCUT2D eigenvalue weighted by atomic mass is 32.2. The summed E-state index contributed by atoms with van der Waals surface area (Å²) in [6, 6.07) is 7.99. The first-order valence-corrected chi connectivity index (χ1v) is 10.2. The molecule has 0 spiro atoms. The van der Waals surface area contributed by atoms with Crippen LogP contribution in [0.3, 0.4) is 0 Å². The first-order chi connectivity index (χ1) is 13.9. The highest BCUT2D eigenvalue weighted by Gasteiger charge is 2.18. The molecule has 4 aromatic rings. The number of fused-ring (bicyclic) bond motifs is 1. The zero-order valence-corrected chi connectivity index (χ0v) is 16.3. The molecule has 3 aromatic heterocycles. The predicted molar refractivity (Wildman–Crippen MR) is 105 cm³/mol. The topological polar surface area (TPSA) is 106 Å². The third-order valence-electron chi connectivity index (χ3n) is 4.35. The fourth-order valence-electron chi connectivity index (χ4n) is 2.81. The average Bonchev–Trinajstić information content (AvgIpc) is 3.20. The van der Waals surface area contributed by atoms with E-state index < -0.39 is 9.84 Å². The van der Waals surface area contributed by atoms with Crippen LogP contribution in [0.4, 0.5) is 0 Å². The van der Waals surface area contributed by atoms with E-state index in [4.69, 9.17) is 0 Å². The normalized spacial score (nSPS) is 11.5. The second-order valence-electron chi connectivity index (χ2n) is 6.51. The molecule has 8 nitrogen and oxygen atoms in total. The number of rotatable bonds is 5. The van der Waals surface area contributed by atoms with Crippen molar-refractivity contribution in [2.45, 2.75) is 23.3 Å². The van der Waals surface area contributed by atoms with Gasteiger partial charge in [-0.15, -0.1) is 0 Å². The Morgan fingerprint density at radius 1 is 1.07 bits per heavy atom. The Bertz CT molecular complexity index is 1300. The number of hydrogen-bond donors (Lipinski definition) is 1. The first kappa shape index (κ1) is 18.8. The van der Waals surface area contributed by atoms with Crippen molar-refractivity contribution < 1.29 is 13.2 Å². The van der Waals surface area contributed by atoms with E-state index in [1.165, 1.54) is 24.5 Å². The summed E-state index contributed by atoms with van der Waals surface area (Å²) >= 11 is 0. The molecule has 1 amide bonds. The van der Waals surface area contributed by atoms with Crippen molar-refractivity contribution in [3.63, 3.8) is 0 Å². The van der Waals surface area contributed by atoms with E-state index >= 15 is 0 Å². The largest absolute Gasteiger partial charge is 0.348 e. The smallest absolute Gasteiger partial charge is 0.254 e. The predicted octanol–water partition coefficient (Wildman–Crippen LogP) is 2.20. The van der Waals surface area contributed by atoms with Crippen molar-refractivity contribution in [1.82, 2.24) is 24.7 Å². The van der Waals surface area contributed by atoms with Gasteiger partial charge in [0.15, 0.2) is 0 Å². The van der Waals surface area contributed by atoms with E-state index in [-0.39, 0.29) is 22.2 Å². The zero-order chi connectivity index (χ0) is 20.4. The molecule has 0 unspecified atom stereocenters. The lowest BCUT2D eigenvalue weighted by atomic mass is 10.2. The average molecular weight is 407 g/mol. The summed E-state index contributed by atoms with van der Waals surface area (Å²) in [5, 5.41) is 2.80. The Morgan fingerprint density at radius 2 is 1.86 bits per heavy atom. The molecule has 4 rings (SSSR count). The number of nitrogens with one attached hydrogen (secondary N) is 1. The van der Waals surface area contributed by atoms with Crippen molar-refractivity contribution in [3.05, 3.63) is 84.2 Å². The molecule has 0 radical (unpaired) electrons. The number of carbonyl (C=O) groups excluding carboxylic acids is 1. The number of hydrogen-bond acceptors (Lipinski definition) is 6. The summed E-state index contributed by atoms with van der Waals surface area (Å²) in [6.45, 7) is 2.05. The van der Waals surface area contributed by atoms with E-state index in [1.807, 2.05) is 0 Å². The van der Waals surface area contributed by atoms with E-state index in [2.05, 4.69) is 20.3 Å². The van der Waals surface area contributed by atoms with Gasteiger partial charge in [0, 0.05) is 43.7 Å². The SMILES string of the molecule is Cc1cncc(S(=O)(=O)c2ccc(CNC(=O)c3cnc4nccn4c3)cc2)c1. The number of sulfone groups is 1. The highest BCUT2D eigenvalue weighted by molar-refractivity contribution is 7.91. The summed E-state index contributed by atoms with van der Waals surface area (Å²) in [5.41, 5.74) is 1.95. The van der Waals surface area contributed by atoms with Crippen LogP contribution in [0.5, 0.6) is 0 Å². The molecule has 146 valence electrons. The number of amides is 1. The fourth-order valence-corrected chi connectivity index (χ4v) is 4.12. The molecular formula is C20H17N5O3S. The van der Waals surface area contributed by atoms with Crippen LogP contribution in [0.25, 0.3) is 5.78 Å². The Morgan fingerprint density at radius 3 is 2.62 bits per heavy atom. The first-order valence-electron chi connectivity index (χ1n) is 8.76. The third-order valence-corrected chi connectivity index (χ3v) is 6.09. The number of imidazole rings is 1. The van der Waals surface area contributed by atoms with Crippen molar-refractivity contribution in [3.8, 4) is 0 Å². The van der Waals surface area contributed by atoms with Gasteiger partial charge in [-0.25, -0.2) is 18.4 Å². The van der Waals surface area contributed by atoms with Gasteiger partial charge in [0.2, 0.25) is 15.6 Å². The van der Waals surface area contributed by atoms with Crippen molar-refractivity contribution in [1.29, 1.82) is 0 Å². The summed E-state index contributed by atoms with van der Waals surface area (Å²) in [6.07, 6.45) is 9.36. The molecule has 29 heavy (non-hydrogen) atoms. The molecule has 1 aromatic carbocycles. The van der Waals surface area contributed by atoms with Gasteiger partial charge in [0.05, 0.1) is 15.4 Å². The van der Waals surface area contributed by atoms with Gasteiger partial charge >= 0.3 is 0 Å². The van der Waals surface area contributed by atoms with Gasteiger partial charge in [0.25, 0.3) is 5.91 Å². The quantitative estimate of drug-likeness (QED) is 0.544. The lowest BCUT2D eigenvalue weighted by Crippen LogP contribution is -2.23. The summed E-state index contributed by atoms with van der Waals surface area (Å²) in [7, 11) is -3.63. The van der Waals surface area contributed by atoms with Crippen molar-refractivity contribution in [2.75, 3.05) is 0 Å². The highest BCUT2D eigenvalue weighted by Crippen LogP contribution is 2.21. The molecule has 3 heterocycles. The van der Waals surface area contributed by atoms with Gasteiger partial charge < -0.3 is 5.32 Å². The van der Waals surface area contributed by atoms with Crippen molar-refractivity contribution >= 4 is 21.5 Å². The second-order valence-corrected chi connectivity index (χ2v) is 8.45. The van der Waals surface area contributed by atoms with Crippen LogP contribution in [0.15, 0.2) is 77.3 Å². The molecule has 0 atom stereocenters. The number of carbonyl (C=O) groups is 1. The van der Waals surface area contributed by atoms with Gasteiger partial charge in [-0.2, -0.15) is 0 Å². The van der Waals surface area contributed by atoms with Crippen LogP contribution in [0.2, 0.25) is 0 Å². The Kier molecular flexibility index (Phi) is 4.81. The number of nitrogens with zero attached hydrogens (tertiary/aromatic N) is 4. The molecule has 0 fully saturated rings. The number of benzene rings is 1. The van der Waals surface area contributed by atoms with Crippen LogP contribution < -0.4 is 5.32 Å². The summed E-state index contributed by atoms with van der Waals surface area (Å²) in [4.78, 5) is 24.8. The molecule has 1 N–H and O–H groups in total. The lowest BCUT2D eigenvalue weighted by Gasteiger charge is -2.08. The Labute approximate surface area is 167 Å². The standard InChI is InChI=1S/C20H17N5O3S/c1-14-8-18(12-21-9-14)29(27,28)17-4-2-15(3-5-17)10-23-19(26)16-11-24-20-22-6-7-25(20)13-16/h2-9,11-13H,10H2,1H3,(H,23,26). The molecule has 9 heteroatoms. The minimum atomic E-state index is -3.63. The minimum Gasteiger partial charge on any atom is -0.348 e. The molecular weight excluding hydrogens is 390 g/mol. The third kappa shape index (κ3) is 3.85. The molecule has 0 saturated carbocycles. The van der Waals surface area contributed by atoms with Crippen LogP contribution in [-0.4, -0.2) is 33.7 Å². The second kappa shape index (κ2) is 7.44. The molecule has 0 aliphatic rings. The Balaban J connectivity index is 1.46. The van der Waals surface area contributed by atoms with E-state index in [0.717, 1.165) is 11.1 Å². The maximum absolute atomic E-state index is 12.7. The van der Waals surface area contributed by atoms with Crippen LogP contribution in [-0.2, 0) is 16.4 Å². The number of pyridine rings is 1. The number of aromatic nitrogens is 4. The molecule has 0 saturated heterocycles. The van der Waals surface area contributed by atoms with E-state index in [0.29, 0.717) is 11.3 Å². The molecule has 0 bridgehead atoms. The fraction of sp³-hybridized carbons (Fsp3) is 0.100. The van der Waals surface area contributed by atoms with Gasteiger partial charge in [0.1, 0.15) is 0 Å². The zero-order valence-electron chi connectivity index (χ0n) is 15.5. The van der Waals surface area contributed by atoms with Crippen LogP contribution in [0.1, 0.15) is 21.5 Å². The van der Waals surface area contributed by atoms with Gasteiger partial charge in [-0.05, 0) is 36.2 Å². The Hall–Kier alpha value is -3.59. The van der Waals surface area contributed by atoms with Crippen LogP contribution >= 0.6 is 0 Å². The molecule has 0 aliphatic heterocycles.